The van der Waals surface area contributed by atoms with Gasteiger partial charge in [0.1, 0.15) is 11.9 Å². The summed E-state index contributed by atoms with van der Waals surface area (Å²) in [7, 11) is 4.67. The highest BCUT2D eigenvalue weighted by Gasteiger charge is 2.16. The van der Waals surface area contributed by atoms with Gasteiger partial charge in [-0.2, -0.15) is 0 Å². The zero-order valence-electron chi connectivity index (χ0n) is 11.5. The van der Waals surface area contributed by atoms with Crippen molar-refractivity contribution >= 4 is 0 Å². The molecule has 4 nitrogen and oxygen atoms in total. The van der Waals surface area contributed by atoms with Crippen molar-refractivity contribution < 1.29 is 19.3 Å². The highest BCUT2D eigenvalue weighted by atomic mass is 16.5. The van der Waals surface area contributed by atoms with E-state index in [4.69, 9.17) is 14.2 Å². The maximum atomic E-state index is 10.1. The number of ether oxygens (including phenoxy) is 3. The van der Waals surface area contributed by atoms with Crippen LogP contribution in [0, 0.1) is 0 Å². The molecule has 0 saturated carbocycles. The fraction of sp³-hybridized carbons (Fsp3) is 0.429. The van der Waals surface area contributed by atoms with Crippen LogP contribution in [-0.2, 0) is 0 Å². The molecule has 1 aromatic carbocycles. The fourth-order valence-corrected chi connectivity index (χ4v) is 1.69. The second-order valence-electron chi connectivity index (χ2n) is 4.14. The third kappa shape index (κ3) is 3.17. The van der Waals surface area contributed by atoms with Crippen molar-refractivity contribution in [2.24, 2.45) is 0 Å². The third-order valence-corrected chi connectivity index (χ3v) is 2.55. The average molecular weight is 252 g/mol. The largest absolute Gasteiger partial charge is 0.496 e. The van der Waals surface area contributed by atoms with Crippen molar-refractivity contribution in [3.8, 4) is 17.2 Å². The molecule has 0 saturated heterocycles. The van der Waals surface area contributed by atoms with Crippen LogP contribution in [0.1, 0.15) is 25.5 Å². The Balaban J connectivity index is 3.29. The van der Waals surface area contributed by atoms with E-state index in [1.54, 1.807) is 39.5 Å². The molecule has 1 N–H and O–H groups in total. The van der Waals surface area contributed by atoms with Crippen LogP contribution in [-0.4, -0.2) is 26.4 Å². The number of hydrogen-bond acceptors (Lipinski definition) is 4. The van der Waals surface area contributed by atoms with E-state index in [9.17, 15) is 5.11 Å². The van der Waals surface area contributed by atoms with Gasteiger partial charge in [0.05, 0.1) is 21.3 Å². The molecule has 0 amide bonds. The molecule has 0 aromatic heterocycles. The number of rotatable bonds is 5. The number of hydrogen-bond donors (Lipinski definition) is 1. The van der Waals surface area contributed by atoms with Crippen LogP contribution in [0.4, 0.5) is 0 Å². The Morgan fingerprint density at radius 1 is 1.00 bits per heavy atom. The Hall–Kier alpha value is -1.68. The molecule has 0 aliphatic rings. The summed E-state index contributed by atoms with van der Waals surface area (Å²) < 4.78 is 15.7. The lowest BCUT2D eigenvalue weighted by Gasteiger charge is -2.16. The van der Waals surface area contributed by atoms with Crippen LogP contribution in [0.5, 0.6) is 17.2 Å². The van der Waals surface area contributed by atoms with Gasteiger partial charge in [0, 0.05) is 11.6 Å². The van der Waals surface area contributed by atoms with Crippen molar-refractivity contribution in [3.05, 3.63) is 29.3 Å². The lowest BCUT2D eigenvalue weighted by molar-refractivity contribution is 0.220. The summed E-state index contributed by atoms with van der Waals surface area (Å²) >= 11 is 0. The van der Waals surface area contributed by atoms with Gasteiger partial charge in [0.2, 0.25) is 0 Å². The lowest BCUT2D eigenvalue weighted by atomic mass is 10.1. The van der Waals surface area contributed by atoms with Gasteiger partial charge < -0.3 is 19.3 Å². The molecule has 0 bridgehead atoms. The molecule has 18 heavy (non-hydrogen) atoms. The van der Waals surface area contributed by atoms with Gasteiger partial charge in [0.25, 0.3) is 0 Å². The van der Waals surface area contributed by atoms with E-state index in [0.29, 0.717) is 22.8 Å². The second-order valence-corrected chi connectivity index (χ2v) is 4.14. The molecule has 0 aliphatic carbocycles. The standard InChI is InChI=1S/C14H20O4/c1-9(2)6-11(15)10-7-13(17-4)14(18-5)8-12(10)16-3/h6-8,11,15H,1-5H3. The van der Waals surface area contributed by atoms with Crippen LogP contribution in [0.3, 0.4) is 0 Å². The normalized spacial score (nSPS) is 11.7. The van der Waals surface area contributed by atoms with Crippen LogP contribution in [0.2, 0.25) is 0 Å². The predicted molar refractivity (Wildman–Crippen MR) is 70.5 cm³/mol. The Kier molecular flexibility index (Phi) is 5.04. The summed E-state index contributed by atoms with van der Waals surface area (Å²) in [5, 5.41) is 10.1. The molecule has 1 rings (SSSR count). The number of benzene rings is 1. The summed E-state index contributed by atoms with van der Waals surface area (Å²) in [6.45, 7) is 3.85. The average Bonchev–Trinajstić information content (AvgIpc) is 2.36. The smallest absolute Gasteiger partial charge is 0.164 e. The monoisotopic (exact) mass is 252 g/mol. The first kappa shape index (κ1) is 14.4. The highest BCUT2D eigenvalue weighted by Crippen LogP contribution is 2.37. The summed E-state index contributed by atoms with van der Waals surface area (Å²) in [5.41, 5.74) is 1.68. The molecule has 1 atom stereocenters. The van der Waals surface area contributed by atoms with Crippen LogP contribution in [0.15, 0.2) is 23.8 Å². The minimum absolute atomic E-state index is 0.564. The van der Waals surface area contributed by atoms with Crippen LogP contribution < -0.4 is 14.2 Å². The minimum atomic E-state index is -0.732. The number of allylic oxidation sites excluding steroid dienone is 1. The maximum absolute atomic E-state index is 10.1. The van der Waals surface area contributed by atoms with Gasteiger partial charge in [-0.15, -0.1) is 0 Å². The van der Waals surface area contributed by atoms with Gasteiger partial charge in [-0.1, -0.05) is 11.6 Å². The molecule has 0 aliphatic heterocycles. The molecular weight excluding hydrogens is 232 g/mol. The van der Waals surface area contributed by atoms with Crippen molar-refractivity contribution in [2.75, 3.05) is 21.3 Å². The van der Waals surface area contributed by atoms with Gasteiger partial charge in [0.15, 0.2) is 11.5 Å². The van der Waals surface area contributed by atoms with E-state index in [2.05, 4.69) is 0 Å². The Morgan fingerprint density at radius 3 is 1.94 bits per heavy atom. The maximum Gasteiger partial charge on any atom is 0.164 e. The molecule has 1 unspecified atom stereocenters. The van der Waals surface area contributed by atoms with Crippen molar-refractivity contribution in [1.82, 2.24) is 0 Å². The molecule has 4 heteroatoms. The fourth-order valence-electron chi connectivity index (χ4n) is 1.69. The summed E-state index contributed by atoms with van der Waals surface area (Å²) in [6, 6.07) is 3.43. The zero-order valence-corrected chi connectivity index (χ0v) is 11.5. The van der Waals surface area contributed by atoms with Crippen molar-refractivity contribution in [2.45, 2.75) is 20.0 Å². The Morgan fingerprint density at radius 2 is 1.50 bits per heavy atom. The van der Waals surface area contributed by atoms with Crippen LogP contribution >= 0.6 is 0 Å². The van der Waals surface area contributed by atoms with Crippen molar-refractivity contribution in [3.63, 3.8) is 0 Å². The predicted octanol–water partition coefficient (Wildman–Crippen LogP) is 2.71. The van der Waals surface area contributed by atoms with Gasteiger partial charge in [-0.3, -0.25) is 0 Å². The first-order valence-electron chi connectivity index (χ1n) is 5.66. The van der Waals surface area contributed by atoms with Gasteiger partial charge >= 0.3 is 0 Å². The SMILES string of the molecule is COc1cc(OC)c(C(O)C=C(C)C)cc1OC. The Bertz CT molecular complexity index is 434. The van der Waals surface area contributed by atoms with E-state index >= 15 is 0 Å². The number of aliphatic hydroxyl groups excluding tert-OH is 1. The molecule has 0 radical (unpaired) electrons. The summed E-state index contributed by atoms with van der Waals surface area (Å²) in [6.07, 6.45) is 1.02. The van der Waals surface area contributed by atoms with E-state index in [1.807, 2.05) is 13.8 Å². The highest BCUT2D eigenvalue weighted by molar-refractivity contribution is 5.52. The molecule has 0 fully saturated rings. The quantitative estimate of drug-likeness (QED) is 0.818. The Labute approximate surface area is 108 Å². The molecular formula is C14H20O4. The first-order chi connectivity index (χ1) is 8.53. The lowest BCUT2D eigenvalue weighted by Crippen LogP contribution is -2.01. The second kappa shape index (κ2) is 6.31. The van der Waals surface area contributed by atoms with E-state index in [0.717, 1.165) is 5.57 Å². The van der Waals surface area contributed by atoms with Crippen LogP contribution in [0.25, 0.3) is 0 Å². The van der Waals surface area contributed by atoms with E-state index in [1.165, 1.54) is 0 Å². The minimum Gasteiger partial charge on any atom is -0.496 e. The topological polar surface area (TPSA) is 47.9 Å². The molecule has 0 heterocycles. The summed E-state index contributed by atoms with van der Waals surface area (Å²) in [4.78, 5) is 0. The van der Waals surface area contributed by atoms with Gasteiger partial charge in [-0.25, -0.2) is 0 Å². The first-order valence-corrected chi connectivity index (χ1v) is 5.66. The number of aliphatic hydroxyl groups is 1. The molecule has 1 aromatic rings. The number of methoxy groups -OCH3 is 3. The van der Waals surface area contributed by atoms with E-state index in [-0.39, 0.29) is 0 Å². The van der Waals surface area contributed by atoms with E-state index < -0.39 is 6.10 Å². The molecule has 0 spiro atoms. The molecule has 100 valence electrons. The van der Waals surface area contributed by atoms with Gasteiger partial charge in [-0.05, 0) is 19.9 Å². The third-order valence-electron chi connectivity index (χ3n) is 2.55. The zero-order chi connectivity index (χ0) is 13.7. The van der Waals surface area contributed by atoms with Crippen molar-refractivity contribution in [1.29, 1.82) is 0 Å². The summed E-state index contributed by atoms with van der Waals surface area (Å²) in [5.74, 6) is 1.70.